The molecule has 2 rings (SSSR count). The zero-order chi connectivity index (χ0) is 10.7. The lowest BCUT2D eigenvalue weighted by atomic mass is 10.1. The molecule has 3 heteroatoms. The van der Waals surface area contributed by atoms with Crippen LogP contribution < -0.4 is 5.32 Å². The van der Waals surface area contributed by atoms with Gasteiger partial charge in [-0.1, -0.05) is 6.92 Å². The van der Waals surface area contributed by atoms with Crippen molar-refractivity contribution < 1.29 is 4.74 Å². The Bertz CT molecular complexity index is 192. The van der Waals surface area contributed by atoms with Crippen LogP contribution in [0, 0.1) is 0 Å². The molecule has 2 aliphatic heterocycles. The summed E-state index contributed by atoms with van der Waals surface area (Å²) in [6, 6.07) is 2.12. The van der Waals surface area contributed by atoms with Crippen molar-refractivity contribution >= 4 is 0 Å². The van der Waals surface area contributed by atoms with Gasteiger partial charge in [0.05, 0.1) is 13.2 Å². The van der Waals surface area contributed by atoms with E-state index in [9.17, 15) is 0 Å². The van der Waals surface area contributed by atoms with Gasteiger partial charge in [0.1, 0.15) is 0 Å². The summed E-state index contributed by atoms with van der Waals surface area (Å²) in [6.07, 6.45) is 4.04. The molecule has 0 amide bonds. The van der Waals surface area contributed by atoms with E-state index in [0.29, 0.717) is 6.04 Å². The highest BCUT2D eigenvalue weighted by molar-refractivity contribution is 4.87. The number of hydrogen-bond acceptors (Lipinski definition) is 3. The molecule has 3 unspecified atom stereocenters. The van der Waals surface area contributed by atoms with Gasteiger partial charge in [-0.25, -0.2) is 0 Å². The minimum absolute atomic E-state index is 0.549. The fraction of sp³-hybridized carbons (Fsp3) is 1.00. The van der Waals surface area contributed by atoms with Crippen LogP contribution in [0.2, 0.25) is 0 Å². The Labute approximate surface area is 93.2 Å². The summed E-state index contributed by atoms with van der Waals surface area (Å²) >= 11 is 0. The molecule has 1 N–H and O–H groups in total. The van der Waals surface area contributed by atoms with Gasteiger partial charge >= 0.3 is 0 Å². The average Bonchev–Trinajstić information content (AvgIpc) is 2.62. The molecule has 0 radical (unpaired) electrons. The fourth-order valence-corrected chi connectivity index (χ4v) is 2.88. The van der Waals surface area contributed by atoms with E-state index in [-0.39, 0.29) is 0 Å². The number of morpholine rings is 1. The summed E-state index contributed by atoms with van der Waals surface area (Å²) in [5, 5.41) is 3.54. The standard InChI is InChI=1S/C12H24N2O/c1-3-12-5-4-10(2)14(12)8-11-9-15-7-6-13-11/h10-13H,3-9H2,1-2H3. The van der Waals surface area contributed by atoms with Crippen LogP contribution >= 0.6 is 0 Å². The molecule has 0 aromatic carbocycles. The maximum atomic E-state index is 5.51. The van der Waals surface area contributed by atoms with Gasteiger partial charge in [-0.2, -0.15) is 0 Å². The van der Waals surface area contributed by atoms with Crippen LogP contribution in [-0.2, 0) is 4.74 Å². The topological polar surface area (TPSA) is 24.5 Å². The normalized spacial score (nSPS) is 38.4. The number of nitrogens with zero attached hydrogens (tertiary/aromatic N) is 1. The summed E-state index contributed by atoms with van der Waals surface area (Å²) in [6.45, 7) is 8.62. The SMILES string of the molecule is CCC1CCC(C)N1CC1COCCN1. The van der Waals surface area contributed by atoms with Crippen molar-refractivity contribution in [1.29, 1.82) is 0 Å². The van der Waals surface area contributed by atoms with Crippen LogP contribution in [0.25, 0.3) is 0 Å². The number of ether oxygens (including phenoxy) is 1. The summed E-state index contributed by atoms with van der Waals surface area (Å²) < 4.78 is 5.51. The molecule has 0 aromatic heterocycles. The van der Waals surface area contributed by atoms with Gasteiger partial charge in [-0.05, 0) is 26.2 Å². The monoisotopic (exact) mass is 212 g/mol. The van der Waals surface area contributed by atoms with E-state index in [1.54, 1.807) is 0 Å². The number of rotatable bonds is 3. The van der Waals surface area contributed by atoms with E-state index in [1.165, 1.54) is 25.8 Å². The third kappa shape index (κ3) is 2.71. The van der Waals surface area contributed by atoms with Crippen LogP contribution in [0.15, 0.2) is 0 Å². The summed E-state index contributed by atoms with van der Waals surface area (Å²) in [5.74, 6) is 0. The maximum Gasteiger partial charge on any atom is 0.0632 e. The largest absolute Gasteiger partial charge is 0.378 e. The molecule has 0 bridgehead atoms. The first-order valence-corrected chi connectivity index (χ1v) is 6.38. The molecule has 88 valence electrons. The van der Waals surface area contributed by atoms with E-state index in [2.05, 4.69) is 24.1 Å². The molecular formula is C12H24N2O. The third-order valence-electron chi connectivity index (χ3n) is 3.85. The zero-order valence-electron chi connectivity index (χ0n) is 10.0. The molecule has 0 saturated carbocycles. The fourth-order valence-electron chi connectivity index (χ4n) is 2.88. The first-order valence-electron chi connectivity index (χ1n) is 6.38. The van der Waals surface area contributed by atoms with Crippen molar-refractivity contribution in [2.75, 3.05) is 26.3 Å². The first-order chi connectivity index (χ1) is 7.31. The molecule has 3 nitrogen and oxygen atoms in total. The molecule has 2 saturated heterocycles. The Morgan fingerprint density at radius 2 is 2.27 bits per heavy atom. The van der Waals surface area contributed by atoms with Gasteiger partial charge in [0.15, 0.2) is 0 Å². The van der Waals surface area contributed by atoms with Crippen molar-refractivity contribution in [2.24, 2.45) is 0 Å². The van der Waals surface area contributed by atoms with Crippen molar-refractivity contribution in [2.45, 2.75) is 51.2 Å². The second-order valence-electron chi connectivity index (χ2n) is 4.91. The van der Waals surface area contributed by atoms with Crippen LogP contribution in [-0.4, -0.2) is 49.3 Å². The maximum absolute atomic E-state index is 5.51. The molecule has 2 heterocycles. The van der Waals surface area contributed by atoms with E-state index in [0.717, 1.165) is 31.8 Å². The Morgan fingerprint density at radius 1 is 1.40 bits per heavy atom. The highest BCUT2D eigenvalue weighted by atomic mass is 16.5. The molecule has 0 spiro atoms. The zero-order valence-corrected chi connectivity index (χ0v) is 10.0. The number of nitrogens with one attached hydrogen (secondary N) is 1. The van der Waals surface area contributed by atoms with Crippen LogP contribution in [0.4, 0.5) is 0 Å². The minimum atomic E-state index is 0.549. The van der Waals surface area contributed by atoms with Gasteiger partial charge in [-0.3, -0.25) is 4.90 Å². The van der Waals surface area contributed by atoms with Crippen molar-refractivity contribution in [3.8, 4) is 0 Å². The quantitative estimate of drug-likeness (QED) is 0.762. The lowest BCUT2D eigenvalue weighted by Crippen LogP contribution is -2.50. The Kier molecular flexibility index (Phi) is 4.00. The predicted octanol–water partition coefficient (Wildman–Crippen LogP) is 1.24. The molecule has 0 aliphatic carbocycles. The van der Waals surface area contributed by atoms with Crippen molar-refractivity contribution in [1.82, 2.24) is 10.2 Å². The van der Waals surface area contributed by atoms with Gasteiger partial charge in [0, 0.05) is 31.2 Å². The van der Waals surface area contributed by atoms with E-state index < -0.39 is 0 Å². The summed E-state index contributed by atoms with van der Waals surface area (Å²) in [4.78, 5) is 2.67. The Balaban J connectivity index is 1.85. The van der Waals surface area contributed by atoms with Crippen LogP contribution in [0.3, 0.4) is 0 Å². The van der Waals surface area contributed by atoms with Crippen molar-refractivity contribution in [3.05, 3.63) is 0 Å². The Morgan fingerprint density at radius 3 is 2.93 bits per heavy atom. The van der Waals surface area contributed by atoms with E-state index in [1.807, 2.05) is 0 Å². The minimum Gasteiger partial charge on any atom is -0.378 e. The smallest absolute Gasteiger partial charge is 0.0632 e. The highest BCUT2D eigenvalue weighted by Crippen LogP contribution is 2.26. The first kappa shape index (κ1) is 11.4. The highest BCUT2D eigenvalue weighted by Gasteiger charge is 2.31. The van der Waals surface area contributed by atoms with Crippen molar-refractivity contribution in [3.63, 3.8) is 0 Å². The summed E-state index contributed by atoms with van der Waals surface area (Å²) in [7, 11) is 0. The van der Waals surface area contributed by atoms with Crippen LogP contribution in [0.5, 0.6) is 0 Å². The van der Waals surface area contributed by atoms with Gasteiger partial charge in [-0.15, -0.1) is 0 Å². The molecule has 3 atom stereocenters. The van der Waals surface area contributed by atoms with E-state index in [4.69, 9.17) is 4.74 Å². The van der Waals surface area contributed by atoms with Gasteiger partial charge < -0.3 is 10.1 Å². The third-order valence-corrected chi connectivity index (χ3v) is 3.85. The second kappa shape index (κ2) is 5.28. The van der Waals surface area contributed by atoms with E-state index >= 15 is 0 Å². The molecule has 2 aliphatic rings. The second-order valence-corrected chi connectivity index (χ2v) is 4.91. The van der Waals surface area contributed by atoms with Gasteiger partial charge in [0.2, 0.25) is 0 Å². The van der Waals surface area contributed by atoms with Crippen LogP contribution in [0.1, 0.15) is 33.1 Å². The molecule has 15 heavy (non-hydrogen) atoms. The molecule has 2 fully saturated rings. The molecule has 0 aromatic rings. The molecular weight excluding hydrogens is 188 g/mol. The Hall–Kier alpha value is -0.120. The predicted molar refractivity (Wildman–Crippen MR) is 62.1 cm³/mol. The lowest BCUT2D eigenvalue weighted by Gasteiger charge is -2.33. The van der Waals surface area contributed by atoms with Gasteiger partial charge in [0.25, 0.3) is 0 Å². The average molecular weight is 212 g/mol. The lowest BCUT2D eigenvalue weighted by molar-refractivity contribution is 0.0536. The number of likely N-dealkylation sites (tertiary alicyclic amines) is 1. The summed E-state index contributed by atoms with van der Waals surface area (Å²) in [5.41, 5.74) is 0. The number of hydrogen-bond donors (Lipinski definition) is 1.